The fraction of sp³-hybridized carbons (Fsp3) is 0.355. The van der Waals surface area contributed by atoms with Crippen LogP contribution in [0.1, 0.15) is 64.2 Å². The van der Waals surface area contributed by atoms with Gasteiger partial charge >= 0.3 is 17.9 Å². The molecule has 1 fully saturated rings. The topological polar surface area (TPSA) is 117 Å². The number of fused-ring (bicyclic) bond motifs is 1. The number of anilines is 1. The third-order valence-electron chi connectivity index (χ3n) is 6.94. The SMILES string of the molecule is C=C(C)[C@@H]1CC[C@](C)(/C=C/c2ccc3c(c2OC(C)=O)[C@@](OC(C)=O)(c2ccccc2)[C@H](OC(C)=O)C(=O)N3)O1. The first kappa shape index (κ1) is 28.8. The van der Waals surface area contributed by atoms with Crippen LogP contribution in [0.4, 0.5) is 5.69 Å². The summed E-state index contributed by atoms with van der Waals surface area (Å²) in [5.41, 5.74) is -0.433. The highest BCUT2D eigenvalue weighted by atomic mass is 16.6. The lowest BCUT2D eigenvalue weighted by molar-refractivity contribution is -0.182. The molecule has 0 radical (unpaired) electrons. The number of ether oxygens (including phenoxy) is 4. The summed E-state index contributed by atoms with van der Waals surface area (Å²) in [4.78, 5) is 50.7. The van der Waals surface area contributed by atoms with Crippen molar-refractivity contribution in [2.75, 3.05) is 5.32 Å². The van der Waals surface area contributed by atoms with Gasteiger partial charge in [0.1, 0.15) is 5.75 Å². The average molecular weight is 548 g/mol. The largest absolute Gasteiger partial charge is 0.447 e. The van der Waals surface area contributed by atoms with E-state index < -0.39 is 41.1 Å². The molecule has 1 amide bonds. The Morgan fingerprint density at radius 2 is 1.73 bits per heavy atom. The molecule has 40 heavy (non-hydrogen) atoms. The molecule has 4 rings (SSSR count). The minimum Gasteiger partial charge on any atom is -0.447 e. The summed E-state index contributed by atoms with van der Waals surface area (Å²) in [6, 6.07) is 11.7. The second kappa shape index (κ2) is 11.1. The van der Waals surface area contributed by atoms with Crippen LogP contribution in [0.2, 0.25) is 0 Å². The predicted molar refractivity (Wildman–Crippen MR) is 147 cm³/mol. The van der Waals surface area contributed by atoms with Crippen molar-refractivity contribution < 1.29 is 38.1 Å². The second-order valence-electron chi connectivity index (χ2n) is 10.3. The summed E-state index contributed by atoms with van der Waals surface area (Å²) < 4.78 is 23.5. The van der Waals surface area contributed by atoms with Crippen LogP contribution < -0.4 is 10.1 Å². The van der Waals surface area contributed by atoms with Gasteiger partial charge in [0.05, 0.1) is 23.0 Å². The first-order valence-corrected chi connectivity index (χ1v) is 13.0. The molecule has 0 aromatic heterocycles. The van der Waals surface area contributed by atoms with E-state index in [1.54, 1.807) is 48.5 Å². The third-order valence-corrected chi connectivity index (χ3v) is 6.94. The zero-order valence-electron chi connectivity index (χ0n) is 23.2. The van der Waals surface area contributed by atoms with Gasteiger partial charge in [-0.2, -0.15) is 0 Å². The highest BCUT2D eigenvalue weighted by Crippen LogP contribution is 2.51. The Morgan fingerprint density at radius 1 is 1.02 bits per heavy atom. The summed E-state index contributed by atoms with van der Waals surface area (Å²) in [6.45, 7) is 11.5. The van der Waals surface area contributed by atoms with Gasteiger partial charge in [0.15, 0.2) is 0 Å². The van der Waals surface area contributed by atoms with Crippen molar-refractivity contribution in [1.82, 2.24) is 0 Å². The summed E-state index contributed by atoms with van der Waals surface area (Å²) in [7, 11) is 0. The van der Waals surface area contributed by atoms with Gasteiger partial charge in [-0.05, 0) is 38.8 Å². The van der Waals surface area contributed by atoms with Gasteiger partial charge in [-0.3, -0.25) is 19.2 Å². The van der Waals surface area contributed by atoms with Gasteiger partial charge in [-0.25, -0.2) is 0 Å². The summed E-state index contributed by atoms with van der Waals surface area (Å²) >= 11 is 0. The first-order chi connectivity index (χ1) is 18.9. The van der Waals surface area contributed by atoms with Gasteiger partial charge in [0.2, 0.25) is 11.7 Å². The average Bonchev–Trinajstić information content (AvgIpc) is 3.28. The van der Waals surface area contributed by atoms with E-state index in [9.17, 15) is 19.2 Å². The molecular weight excluding hydrogens is 514 g/mol. The van der Waals surface area contributed by atoms with Crippen LogP contribution in [-0.4, -0.2) is 41.6 Å². The molecule has 0 saturated carbocycles. The van der Waals surface area contributed by atoms with Crippen LogP contribution >= 0.6 is 0 Å². The van der Waals surface area contributed by atoms with Crippen molar-refractivity contribution in [1.29, 1.82) is 0 Å². The number of benzene rings is 2. The van der Waals surface area contributed by atoms with Crippen molar-refractivity contribution in [3.63, 3.8) is 0 Å². The number of carbonyl (C=O) groups is 4. The summed E-state index contributed by atoms with van der Waals surface area (Å²) in [6.07, 6.45) is 3.52. The van der Waals surface area contributed by atoms with E-state index in [2.05, 4.69) is 11.9 Å². The van der Waals surface area contributed by atoms with E-state index in [4.69, 9.17) is 18.9 Å². The predicted octanol–water partition coefficient (Wildman–Crippen LogP) is 4.83. The van der Waals surface area contributed by atoms with Crippen molar-refractivity contribution in [2.24, 2.45) is 0 Å². The standard InChI is InChI=1S/C31H33NO8/c1-18(2)25-15-17-30(6,40-25)16-14-22-12-13-24-26(27(22)37-19(3)33)31(39-21(5)35,23-10-8-7-9-11-23)28(29(36)32-24)38-20(4)34/h7-14,16,25,28H,1,15,17H2,2-6H3,(H,32,36)/b16-14+/t25-,28+,30-,31-/m0/s1. The zero-order chi connectivity index (χ0) is 29.2. The maximum Gasteiger partial charge on any atom is 0.308 e. The Hall–Kier alpha value is -4.24. The normalized spacial score (nSPS) is 25.6. The maximum absolute atomic E-state index is 13.4. The molecule has 4 atom stereocenters. The molecule has 2 heterocycles. The van der Waals surface area contributed by atoms with Crippen LogP contribution in [-0.2, 0) is 39.0 Å². The van der Waals surface area contributed by atoms with Crippen molar-refractivity contribution in [2.45, 2.75) is 70.9 Å². The molecule has 2 aromatic carbocycles. The quantitative estimate of drug-likeness (QED) is 0.298. The Labute approximate surface area is 233 Å². The van der Waals surface area contributed by atoms with E-state index in [1.807, 2.05) is 19.9 Å². The van der Waals surface area contributed by atoms with Crippen molar-refractivity contribution >= 4 is 35.6 Å². The Bertz CT molecular complexity index is 1400. The van der Waals surface area contributed by atoms with E-state index in [-0.39, 0.29) is 23.1 Å². The van der Waals surface area contributed by atoms with Crippen LogP contribution in [0.25, 0.3) is 6.08 Å². The number of hydrogen-bond acceptors (Lipinski definition) is 8. The van der Waals surface area contributed by atoms with E-state index >= 15 is 0 Å². The number of esters is 3. The number of hydrogen-bond donors (Lipinski definition) is 1. The van der Waals surface area contributed by atoms with Gasteiger partial charge in [0, 0.05) is 31.9 Å². The molecule has 9 heteroatoms. The van der Waals surface area contributed by atoms with E-state index in [0.717, 1.165) is 25.3 Å². The second-order valence-corrected chi connectivity index (χ2v) is 10.3. The van der Waals surface area contributed by atoms with Crippen molar-refractivity contribution in [3.8, 4) is 5.75 Å². The molecule has 0 unspecified atom stereocenters. The van der Waals surface area contributed by atoms with Crippen LogP contribution in [0.15, 0.2) is 60.7 Å². The van der Waals surface area contributed by atoms with Gasteiger partial charge in [-0.15, -0.1) is 0 Å². The lowest BCUT2D eigenvalue weighted by Gasteiger charge is -2.43. The van der Waals surface area contributed by atoms with E-state index in [1.165, 1.54) is 13.8 Å². The minimum absolute atomic E-state index is 0.0431. The smallest absolute Gasteiger partial charge is 0.308 e. The Balaban J connectivity index is 2.00. The molecular formula is C31H33NO8. The Kier molecular flexibility index (Phi) is 7.98. The van der Waals surface area contributed by atoms with Crippen LogP contribution in [0.5, 0.6) is 5.75 Å². The molecule has 1 N–H and O–H groups in total. The number of carbonyl (C=O) groups excluding carboxylic acids is 4. The van der Waals surface area contributed by atoms with Gasteiger partial charge in [-0.1, -0.05) is 54.6 Å². The molecule has 9 nitrogen and oxygen atoms in total. The minimum atomic E-state index is -1.97. The fourth-order valence-corrected chi connectivity index (χ4v) is 5.24. The molecule has 210 valence electrons. The zero-order valence-corrected chi connectivity index (χ0v) is 23.2. The summed E-state index contributed by atoms with van der Waals surface area (Å²) in [5.74, 6) is -2.81. The molecule has 2 aliphatic rings. The highest BCUT2D eigenvalue weighted by molar-refractivity contribution is 6.02. The Morgan fingerprint density at radius 3 is 2.30 bits per heavy atom. The summed E-state index contributed by atoms with van der Waals surface area (Å²) in [5, 5.41) is 2.72. The fourth-order valence-electron chi connectivity index (χ4n) is 5.24. The monoisotopic (exact) mass is 547 g/mol. The van der Waals surface area contributed by atoms with Gasteiger partial charge in [0.25, 0.3) is 5.91 Å². The molecule has 0 bridgehead atoms. The maximum atomic E-state index is 13.4. The number of amides is 1. The number of nitrogens with one attached hydrogen (secondary N) is 1. The lowest BCUT2D eigenvalue weighted by atomic mass is 9.76. The lowest BCUT2D eigenvalue weighted by Crippen LogP contribution is -2.56. The molecule has 0 spiro atoms. The highest BCUT2D eigenvalue weighted by Gasteiger charge is 2.57. The van der Waals surface area contributed by atoms with Crippen LogP contribution in [0, 0.1) is 0 Å². The first-order valence-electron chi connectivity index (χ1n) is 13.0. The molecule has 0 aliphatic carbocycles. The van der Waals surface area contributed by atoms with E-state index in [0.29, 0.717) is 11.1 Å². The molecule has 2 aromatic rings. The molecule has 1 saturated heterocycles. The van der Waals surface area contributed by atoms with Crippen LogP contribution in [0.3, 0.4) is 0 Å². The van der Waals surface area contributed by atoms with Crippen molar-refractivity contribution in [3.05, 3.63) is 77.4 Å². The van der Waals surface area contributed by atoms with Gasteiger partial charge < -0.3 is 24.3 Å². The number of rotatable bonds is 7. The molecule has 2 aliphatic heterocycles. The third kappa shape index (κ3) is 5.56.